The van der Waals surface area contributed by atoms with Gasteiger partial charge in [0.1, 0.15) is 17.5 Å². The molecule has 9 nitrogen and oxygen atoms in total. The summed E-state index contributed by atoms with van der Waals surface area (Å²) in [5, 5.41) is 10.9. The molecule has 9 heteroatoms. The second kappa shape index (κ2) is 5.27. The largest absolute Gasteiger partial charge is 0.468 e. The van der Waals surface area contributed by atoms with Crippen molar-refractivity contribution >= 4 is 5.82 Å². The highest BCUT2D eigenvalue weighted by Crippen LogP contribution is 2.26. The SMILES string of the molecule is Cn1c(N)c([C@H](C[N+](=O)[O-])c2ccco2)c(=O)n(C)c1=O. The molecule has 0 spiro atoms. The zero-order valence-electron chi connectivity index (χ0n) is 11.5. The van der Waals surface area contributed by atoms with E-state index in [-0.39, 0.29) is 17.1 Å². The Labute approximate surface area is 118 Å². The van der Waals surface area contributed by atoms with Crippen molar-refractivity contribution in [1.29, 1.82) is 0 Å². The Morgan fingerprint density at radius 2 is 2.05 bits per heavy atom. The van der Waals surface area contributed by atoms with Gasteiger partial charge >= 0.3 is 5.69 Å². The van der Waals surface area contributed by atoms with Crippen LogP contribution in [0.3, 0.4) is 0 Å². The molecule has 2 rings (SSSR count). The molecule has 2 aromatic rings. The van der Waals surface area contributed by atoms with Gasteiger partial charge in [-0.15, -0.1) is 0 Å². The van der Waals surface area contributed by atoms with Crippen molar-refractivity contribution in [1.82, 2.24) is 9.13 Å². The van der Waals surface area contributed by atoms with Gasteiger partial charge in [0.25, 0.3) is 5.56 Å². The Kier molecular flexibility index (Phi) is 3.66. The third-order valence-corrected chi connectivity index (χ3v) is 3.31. The van der Waals surface area contributed by atoms with Crippen LogP contribution in [0.25, 0.3) is 0 Å². The first-order chi connectivity index (χ1) is 9.84. The van der Waals surface area contributed by atoms with Crippen LogP contribution in [0.2, 0.25) is 0 Å². The maximum atomic E-state index is 12.3. The quantitative estimate of drug-likeness (QED) is 0.607. The van der Waals surface area contributed by atoms with E-state index in [1.807, 2.05) is 0 Å². The number of nitrogen functional groups attached to an aromatic ring is 1. The van der Waals surface area contributed by atoms with Gasteiger partial charge < -0.3 is 10.2 Å². The lowest BCUT2D eigenvalue weighted by Crippen LogP contribution is -2.41. The number of furan rings is 1. The fraction of sp³-hybridized carbons (Fsp3) is 0.333. The number of nitro groups is 1. The summed E-state index contributed by atoms with van der Waals surface area (Å²) in [6.45, 7) is -0.564. The van der Waals surface area contributed by atoms with Crippen LogP contribution in [-0.4, -0.2) is 20.6 Å². The van der Waals surface area contributed by atoms with E-state index in [0.29, 0.717) is 0 Å². The van der Waals surface area contributed by atoms with Crippen LogP contribution in [0.15, 0.2) is 32.4 Å². The summed E-state index contributed by atoms with van der Waals surface area (Å²) in [4.78, 5) is 34.4. The number of nitrogens with two attached hydrogens (primary N) is 1. The zero-order chi connectivity index (χ0) is 15.7. The van der Waals surface area contributed by atoms with E-state index < -0.39 is 28.6 Å². The van der Waals surface area contributed by atoms with Crippen LogP contribution in [0.5, 0.6) is 0 Å². The second-order valence-corrected chi connectivity index (χ2v) is 4.59. The van der Waals surface area contributed by atoms with Crippen LogP contribution < -0.4 is 17.0 Å². The first kappa shape index (κ1) is 14.6. The van der Waals surface area contributed by atoms with Crippen LogP contribution in [0, 0.1) is 10.1 Å². The van der Waals surface area contributed by atoms with E-state index in [1.54, 1.807) is 6.07 Å². The van der Waals surface area contributed by atoms with Gasteiger partial charge in [0.05, 0.1) is 11.8 Å². The number of aromatic nitrogens is 2. The fourth-order valence-electron chi connectivity index (χ4n) is 2.18. The summed E-state index contributed by atoms with van der Waals surface area (Å²) < 4.78 is 7.11. The summed E-state index contributed by atoms with van der Waals surface area (Å²) in [5.74, 6) is -0.819. The summed E-state index contributed by atoms with van der Waals surface area (Å²) in [7, 11) is 2.69. The maximum absolute atomic E-state index is 12.3. The molecule has 0 saturated carbocycles. The molecular weight excluding hydrogens is 280 g/mol. The predicted molar refractivity (Wildman–Crippen MR) is 73.7 cm³/mol. The van der Waals surface area contributed by atoms with Crippen LogP contribution >= 0.6 is 0 Å². The summed E-state index contributed by atoms with van der Waals surface area (Å²) in [5.41, 5.74) is 4.53. The minimum Gasteiger partial charge on any atom is -0.468 e. The van der Waals surface area contributed by atoms with E-state index in [9.17, 15) is 19.7 Å². The van der Waals surface area contributed by atoms with Crippen molar-refractivity contribution in [3.8, 4) is 0 Å². The lowest BCUT2D eigenvalue weighted by Gasteiger charge is -2.16. The number of hydrogen-bond acceptors (Lipinski definition) is 6. The van der Waals surface area contributed by atoms with E-state index in [0.717, 1.165) is 9.13 Å². The minimum atomic E-state index is -0.958. The molecular formula is C12H14N4O5. The highest BCUT2D eigenvalue weighted by atomic mass is 16.6. The van der Waals surface area contributed by atoms with Gasteiger partial charge in [-0.3, -0.25) is 24.0 Å². The van der Waals surface area contributed by atoms with Gasteiger partial charge in [0.2, 0.25) is 6.54 Å². The second-order valence-electron chi connectivity index (χ2n) is 4.59. The molecule has 2 aromatic heterocycles. The highest BCUT2D eigenvalue weighted by molar-refractivity contribution is 5.44. The molecule has 2 N–H and O–H groups in total. The lowest BCUT2D eigenvalue weighted by atomic mass is 9.98. The monoisotopic (exact) mass is 294 g/mol. The van der Waals surface area contributed by atoms with Crippen molar-refractivity contribution < 1.29 is 9.34 Å². The van der Waals surface area contributed by atoms with E-state index in [4.69, 9.17) is 10.2 Å². The number of hydrogen-bond donors (Lipinski definition) is 1. The van der Waals surface area contributed by atoms with Gasteiger partial charge in [0, 0.05) is 19.0 Å². The topological polar surface area (TPSA) is 126 Å². The number of rotatable bonds is 4. The molecule has 0 radical (unpaired) electrons. The third-order valence-electron chi connectivity index (χ3n) is 3.31. The molecule has 21 heavy (non-hydrogen) atoms. The van der Waals surface area contributed by atoms with Crippen LogP contribution in [0.1, 0.15) is 17.2 Å². The molecule has 0 fully saturated rings. The fourth-order valence-corrected chi connectivity index (χ4v) is 2.18. The Morgan fingerprint density at radius 3 is 2.57 bits per heavy atom. The van der Waals surface area contributed by atoms with Gasteiger partial charge in [-0.05, 0) is 12.1 Å². The smallest absolute Gasteiger partial charge is 0.332 e. The van der Waals surface area contributed by atoms with E-state index >= 15 is 0 Å². The number of nitrogens with zero attached hydrogens (tertiary/aromatic N) is 3. The maximum Gasteiger partial charge on any atom is 0.332 e. The molecule has 1 atom stereocenters. The normalized spacial score (nSPS) is 12.3. The molecule has 0 bridgehead atoms. The summed E-state index contributed by atoms with van der Waals surface area (Å²) >= 11 is 0. The van der Waals surface area contributed by atoms with Crippen molar-refractivity contribution in [3.63, 3.8) is 0 Å². The molecule has 0 aliphatic rings. The van der Waals surface area contributed by atoms with Gasteiger partial charge in [0.15, 0.2) is 0 Å². The molecule has 112 valence electrons. The molecule has 0 saturated heterocycles. The van der Waals surface area contributed by atoms with Gasteiger partial charge in [-0.2, -0.15) is 0 Å². The van der Waals surface area contributed by atoms with Crippen molar-refractivity contribution in [3.05, 3.63) is 60.7 Å². The molecule has 0 aromatic carbocycles. The molecule has 2 heterocycles. The summed E-state index contributed by atoms with van der Waals surface area (Å²) in [6, 6.07) is 3.09. The summed E-state index contributed by atoms with van der Waals surface area (Å²) in [6.07, 6.45) is 1.35. The number of anilines is 1. The highest BCUT2D eigenvalue weighted by Gasteiger charge is 2.30. The minimum absolute atomic E-state index is 0.0220. The van der Waals surface area contributed by atoms with E-state index in [2.05, 4.69) is 0 Å². The average Bonchev–Trinajstić information content (AvgIpc) is 2.95. The standard InChI is InChI=1S/C12H14N4O5/c1-14-10(13)9(11(17)15(2)12(14)18)7(6-16(19)20)8-4-3-5-21-8/h3-5,7H,6,13H2,1-2H3/t7-/m1/s1. The lowest BCUT2D eigenvalue weighted by molar-refractivity contribution is -0.482. The zero-order valence-corrected chi connectivity index (χ0v) is 11.5. The Hall–Kier alpha value is -2.84. The molecule has 0 aliphatic heterocycles. The van der Waals surface area contributed by atoms with Gasteiger partial charge in [-0.1, -0.05) is 0 Å². The first-order valence-corrected chi connectivity index (χ1v) is 6.05. The van der Waals surface area contributed by atoms with Crippen LogP contribution in [-0.2, 0) is 14.1 Å². The molecule has 0 amide bonds. The average molecular weight is 294 g/mol. The van der Waals surface area contributed by atoms with Crippen LogP contribution in [0.4, 0.5) is 5.82 Å². The Bertz CT molecular complexity index is 787. The van der Waals surface area contributed by atoms with E-state index in [1.165, 1.54) is 26.4 Å². The van der Waals surface area contributed by atoms with Crippen molar-refractivity contribution in [2.75, 3.05) is 12.3 Å². The third kappa shape index (κ3) is 2.45. The van der Waals surface area contributed by atoms with Gasteiger partial charge in [-0.25, -0.2) is 4.79 Å². The Balaban J connectivity index is 2.75. The predicted octanol–water partition coefficient (Wildman–Crippen LogP) is -0.332. The molecule has 0 unspecified atom stereocenters. The van der Waals surface area contributed by atoms with Crippen molar-refractivity contribution in [2.24, 2.45) is 14.1 Å². The molecule has 0 aliphatic carbocycles. The first-order valence-electron chi connectivity index (χ1n) is 6.05. The van der Waals surface area contributed by atoms with Crippen molar-refractivity contribution in [2.45, 2.75) is 5.92 Å². The Morgan fingerprint density at radius 1 is 1.38 bits per heavy atom.